The summed E-state index contributed by atoms with van der Waals surface area (Å²) in [5.41, 5.74) is 0. The lowest BCUT2D eigenvalue weighted by Gasteiger charge is -2.11. The number of hydrogen-bond donors (Lipinski definition) is 0. The molecule has 8 nitrogen and oxygen atoms in total. The van der Waals surface area contributed by atoms with Crippen molar-refractivity contribution in [3.8, 4) is 0 Å². The second-order valence-corrected chi connectivity index (χ2v) is 3.28. The molecular formula is C8H10N4O4. The first-order valence-corrected chi connectivity index (χ1v) is 4.75. The average molecular weight is 226 g/mol. The molecule has 0 aliphatic carbocycles. The van der Waals surface area contributed by atoms with E-state index < -0.39 is 4.92 Å². The molecule has 1 fully saturated rings. The summed E-state index contributed by atoms with van der Waals surface area (Å²) in [7, 11) is 0. The Labute approximate surface area is 90.6 Å². The van der Waals surface area contributed by atoms with Crippen LogP contribution in [-0.4, -0.2) is 45.2 Å². The van der Waals surface area contributed by atoms with Gasteiger partial charge in [-0.1, -0.05) is 4.98 Å². The number of amides is 1. The summed E-state index contributed by atoms with van der Waals surface area (Å²) in [4.78, 5) is 26.2. The monoisotopic (exact) mass is 226 g/mol. The van der Waals surface area contributed by atoms with E-state index in [2.05, 4.69) is 4.98 Å². The molecule has 2 rings (SSSR count). The van der Waals surface area contributed by atoms with Crippen molar-refractivity contribution < 1.29 is 14.5 Å². The molecule has 0 aromatic carbocycles. The van der Waals surface area contributed by atoms with E-state index in [4.69, 9.17) is 4.74 Å². The smallest absolute Gasteiger partial charge is 0.434 e. The van der Waals surface area contributed by atoms with Crippen LogP contribution in [0, 0.1) is 10.1 Å². The summed E-state index contributed by atoms with van der Waals surface area (Å²) < 4.78 is 6.14. The maximum Gasteiger partial charge on any atom is 0.434 e. The lowest BCUT2D eigenvalue weighted by molar-refractivity contribution is -0.396. The van der Waals surface area contributed by atoms with E-state index in [0.29, 0.717) is 26.2 Å². The highest BCUT2D eigenvalue weighted by molar-refractivity contribution is 5.69. The lowest BCUT2D eigenvalue weighted by Crippen LogP contribution is -2.28. The van der Waals surface area contributed by atoms with Crippen molar-refractivity contribution >= 4 is 12.0 Å². The van der Waals surface area contributed by atoms with Crippen LogP contribution in [0.15, 0.2) is 12.4 Å². The number of ether oxygens (including phenoxy) is 1. The summed E-state index contributed by atoms with van der Waals surface area (Å²) in [6.07, 6.45) is 2.50. The predicted octanol–water partition coefficient (Wildman–Crippen LogP) is 0.243. The van der Waals surface area contributed by atoms with Crippen LogP contribution < -0.4 is 0 Å². The number of rotatable bonds is 4. The van der Waals surface area contributed by atoms with Gasteiger partial charge in [-0.05, 0) is 4.92 Å². The molecule has 86 valence electrons. The van der Waals surface area contributed by atoms with Crippen molar-refractivity contribution in [1.29, 1.82) is 0 Å². The maximum absolute atomic E-state index is 11.1. The zero-order valence-electron chi connectivity index (χ0n) is 8.40. The van der Waals surface area contributed by atoms with Gasteiger partial charge in [0, 0.05) is 0 Å². The van der Waals surface area contributed by atoms with E-state index in [0.717, 1.165) is 0 Å². The number of imidazole rings is 1. The Morgan fingerprint density at radius 1 is 1.56 bits per heavy atom. The number of carbonyl (C=O) groups is 1. The SMILES string of the molecule is O=C1OCCN1CCn1ccnc1[N+](=O)[O-]. The minimum Gasteiger partial charge on any atom is -0.448 e. The fourth-order valence-electron chi connectivity index (χ4n) is 1.51. The van der Waals surface area contributed by atoms with Gasteiger partial charge in [0.15, 0.2) is 0 Å². The summed E-state index contributed by atoms with van der Waals surface area (Å²) in [6.45, 7) is 1.63. The molecule has 16 heavy (non-hydrogen) atoms. The van der Waals surface area contributed by atoms with E-state index in [1.807, 2.05) is 0 Å². The Bertz CT molecular complexity index is 416. The normalized spacial score (nSPS) is 15.2. The van der Waals surface area contributed by atoms with Crippen LogP contribution in [0.5, 0.6) is 0 Å². The predicted molar refractivity (Wildman–Crippen MR) is 51.8 cm³/mol. The van der Waals surface area contributed by atoms with Gasteiger partial charge < -0.3 is 19.8 Å². The number of carbonyl (C=O) groups excluding carboxylic acids is 1. The Hall–Kier alpha value is -2.12. The van der Waals surface area contributed by atoms with E-state index >= 15 is 0 Å². The number of hydrogen-bond acceptors (Lipinski definition) is 5. The van der Waals surface area contributed by atoms with Gasteiger partial charge in [-0.2, -0.15) is 0 Å². The molecule has 0 spiro atoms. The first-order valence-electron chi connectivity index (χ1n) is 4.75. The molecule has 2 heterocycles. The van der Waals surface area contributed by atoms with E-state index in [9.17, 15) is 14.9 Å². The van der Waals surface area contributed by atoms with Gasteiger partial charge in [-0.25, -0.2) is 9.36 Å². The van der Waals surface area contributed by atoms with Gasteiger partial charge in [-0.3, -0.25) is 0 Å². The summed E-state index contributed by atoms with van der Waals surface area (Å²) in [6, 6.07) is 0. The largest absolute Gasteiger partial charge is 0.448 e. The van der Waals surface area contributed by atoms with Gasteiger partial charge in [0.2, 0.25) is 0 Å². The molecule has 8 heteroatoms. The molecule has 0 unspecified atom stereocenters. The topological polar surface area (TPSA) is 90.5 Å². The number of nitro groups is 1. The van der Waals surface area contributed by atoms with Gasteiger partial charge in [-0.15, -0.1) is 0 Å². The molecule has 1 aliphatic heterocycles. The van der Waals surface area contributed by atoms with Gasteiger partial charge in [0.25, 0.3) is 0 Å². The van der Waals surface area contributed by atoms with Crippen molar-refractivity contribution in [2.75, 3.05) is 19.7 Å². The van der Waals surface area contributed by atoms with Crippen LogP contribution in [-0.2, 0) is 11.3 Å². The molecular weight excluding hydrogens is 216 g/mol. The van der Waals surface area contributed by atoms with Crippen molar-refractivity contribution in [3.63, 3.8) is 0 Å². The lowest BCUT2D eigenvalue weighted by atomic mass is 10.5. The Morgan fingerprint density at radius 3 is 3.00 bits per heavy atom. The maximum atomic E-state index is 11.1. The molecule has 0 radical (unpaired) electrons. The molecule has 0 bridgehead atoms. The average Bonchev–Trinajstić information content (AvgIpc) is 2.83. The molecule has 1 aromatic rings. The third kappa shape index (κ3) is 1.95. The summed E-state index contributed by atoms with van der Waals surface area (Å²) >= 11 is 0. The Kier molecular flexibility index (Phi) is 2.71. The van der Waals surface area contributed by atoms with E-state index in [-0.39, 0.29) is 12.0 Å². The fraction of sp³-hybridized carbons (Fsp3) is 0.500. The van der Waals surface area contributed by atoms with Crippen molar-refractivity contribution in [2.45, 2.75) is 6.54 Å². The second kappa shape index (κ2) is 4.17. The van der Waals surface area contributed by atoms with Crippen molar-refractivity contribution in [1.82, 2.24) is 14.5 Å². The molecule has 1 aliphatic rings. The van der Waals surface area contributed by atoms with Crippen LogP contribution in [0.1, 0.15) is 0 Å². The molecule has 1 amide bonds. The van der Waals surface area contributed by atoms with Crippen LogP contribution >= 0.6 is 0 Å². The van der Waals surface area contributed by atoms with Gasteiger partial charge in [0.1, 0.15) is 19.0 Å². The first-order chi connectivity index (χ1) is 7.68. The minimum atomic E-state index is -0.553. The Morgan fingerprint density at radius 2 is 2.38 bits per heavy atom. The number of nitrogens with zero attached hydrogens (tertiary/aromatic N) is 4. The zero-order chi connectivity index (χ0) is 11.5. The molecule has 1 saturated heterocycles. The van der Waals surface area contributed by atoms with Crippen LogP contribution in [0.25, 0.3) is 0 Å². The highest BCUT2D eigenvalue weighted by Crippen LogP contribution is 2.09. The molecule has 0 saturated carbocycles. The standard InChI is InChI=1S/C8H10N4O4/c13-8-11(5-6-16-8)4-3-10-2-1-9-7(10)12(14)15/h1-2H,3-6H2. The summed E-state index contributed by atoms with van der Waals surface area (Å²) in [5, 5.41) is 10.6. The second-order valence-electron chi connectivity index (χ2n) is 3.28. The van der Waals surface area contributed by atoms with Crippen LogP contribution in [0.2, 0.25) is 0 Å². The highest BCUT2D eigenvalue weighted by Gasteiger charge is 2.23. The van der Waals surface area contributed by atoms with Gasteiger partial charge in [0.05, 0.1) is 19.6 Å². The van der Waals surface area contributed by atoms with Crippen LogP contribution in [0.3, 0.4) is 0 Å². The highest BCUT2D eigenvalue weighted by atomic mass is 16.6. The number of aromatic nitrogens is 2. The van der Waals surface area contributed by atoms with Crippen molar-refractivity contribution in [2.24, 2.45) is 0 Å². The number of cyclic esters (lactones) is 1. The van der Waals surface area contributed by atoms with Gasteiger partial charge >= 0.3 is 12.0 Å². The van der Waals surface area contributed by atoms with E-state index in [1.165, 1.54) is 21.9 Å². The fourth-order valence-corrected chi connectivity index (χ4v) is 1.51. The molecule has 1 aromatic heterocycles. The molecule has 0 N–H and O–H groups in total. The van der Waals surface area contributed by atoms with E-state index in [1.54, 1.807) is 0 Å². The molecule has 0 atom stereocenters. The zero-order valence-corrected chi connectivity index (χ0v) is 8.40. The first kappa shape index (κ1) is 10.4. The third-order valence-corrected chi connectivity index (χ3v) is 2.31. The third-order valence-electron chi connectivity index (χ3n) is 2.31. The Balaban J connectivity index is 1.96. The minimum absolute atomic E-state index is 0.215. The quantitative estimate of drug-likeness (QED) is 0.542. The van der Waals surface area contributed by atoms with Crippen molar-refractivity contribution in [3.05, 3.63) is 22.5 Å². The van der Waals surface area contributed by atoms with Crippen LogP contribution in [0.4, 0.5) is 10.7 Å². The summed E-state index contributed by atoms with van der Waals surface area (Å²) in [5.74, 6) is -0.215.